The zero-order valence-corrected chi connectivity index (χ0v) is 9.01. The van der Waals surface area contributed by atoms with Crippen LogP contribution in [0.1, 0.15) is 10.7 Å². The molecule has 14 heavy (non-hydrogen) atoms. The lowest BCUT2D eigenvalue weighted by molar-refractivity contribution is 0.742. The molecule has 0 aliphatic rings. The highest BCUT2D eigenvalue weighted by Gasteiger charge is 2.07. The molecule has 0 spiro atoms. The molecular formula is C9H12N4S. The predicted molar refractivity (Wildman–Crippen MR) is 56.9 cm³/mol. The number of nitrogens with two attached hydrogens (primary N) is 1. The van der Waals surface area contributed by atoms with Gasteiger partial charge in [0.15, 0.2) is 0 Å². The molecule has 0 aliphatic carbocycles. The van der Waals surface area contributed by atoms with E-state index in [1.165, 1.54) is 0 Å². The normalized spacial score (nSPS) is 10.8. The van der Waals surface area contributed by atoms with Gasteiger partial charge in [-0.2, -0.15) is 5.10 Å². The smallest absolute Gasteiger partial charge is 0.112 e. The van der Waals surface area contributed by atoms with E-state index in [-0.39, 0.29) is 0 Å². The predicted octanol–water partition coefficient (Wildman–Crippen LogP) is 1.31. The molecular weight excluding hydrogens is 196 g/mol. The van der Waals surface area contributed by atoms with Gasteiger partial charge in [0.2, 0.25) is 0 Å². The summed E-state index contributed by atoms with van der Waals surface area (Å²) in [4.78, 5) is 4.37. The Kier molecular flexibility index (Phi) is 2.35. The van der Waals surface area contributed by atoms with Gasteiger partial charge in [-0.3, -0.25) is 4.68 Å². The van der Waals surface area contributed by atoms with E-state index in [1.54, 1.807) is 11.3 Å². The van der Waals surface area contributed by atoms with Crippen LogP contribution in [0.25, 0.3) is 11.4 Å². The number of nitrogens with zero attached hydrogens (tertiary/aromatic N) is 3. The van der Waals surface area contributed by atoms with Crippen LogP contribution in [0, 0.1) is 6.92 Å². The number of aromatic nitrogens is 3. The van der Waals surface area contributed by atoms with Crippen molar-refractivity contribution in [1.29, 1.82) is 0 Å². The first kappa shape index (κ1) is 9.36. The lowest BCUT2D eigenvalue weighted by atomic mass is 10.3. The van der Waals surface area contributed by atoms with Crippen molar-refractivity contribution in [3.8, 4) is 11.4 Å². The van der Waals surface area contributed by atoms with E-state index >= 15 is 0 Å². The molecule has 0 aliphatic heterocycles. The molecule has 2 N–H and O–H groups in total. The van der Waals surface area contributed by atoms with Gasteiger partial charge in [-0.1, -0.05) is 0 Å². The SMILES string of the molecule is Cc1cc(-c2csc(CN)n2)nn1C. The summed E-state index contributed by atoms with van der Waals surface area (Å²) in [5.74, 6) is 0. The van der Waals surface area contributed by atoms with E-state index in [4.69, 9.17) is 5.73 Å². The second-order valence-corrected chi connectivity index (χ2v) is 4.07. The molecule has 0 fully saturated rings. The van der Waals surface area contributed by atoms with E-state index in [9.17, 15) is 0 Å². The van der Waals surface area contributed by atoms with Gasteiger partial charge in [0.1, 0.15) is 16.4 Å². The lowest BCUT2D eigenvalue weighted by Crippen LogP contribution is -1.95. The van der Waals surface area contributed by atoms with Crippen molar-refractivity contribution in [1.82, 2.24) is 14.8 Å². The minimum absolute atomic E-state index is 0.497. The molecule has 2 aromatic heterocycles. The standard InChI is InChI=1S/C9H12N4S/c1-6-3-7(12-13(6)2)8-5-14-9(4-10)11-8/h3,5H,4,10H2,1-2H3. The highest BCUT2D eigenvalue weighted by molar-refractivity contribution is 7.09. The number of hydrogen-bond acceptors (Lipinski definition) is 4. The molecule has 5 heteroatoms. The van der Waals surface area contributed by atoms with E-state index in [2.05, 4.69) is 10.1 Å². The zero-order chi connectivity index (χ0) is 10.1. The third-order valence-corrected chi connectivity index (χ3v) is 2.97. The third-order valence-electron chi connectivity index (χ3n) is 2.10. The maximum absolute atomic E-state index is 5.50. The fraction of sp³-hybridized carbons (Fsp3) is 0.333. The second kappa shape index (κ2) is 3.51. The van der Waals surface area contributed by atoms with Gasteiger partial charge in [-0.25, -0.2) is 4.98 Å². The minimum atomic E-state index is 0.497. The zero-order valence-electron chi connectivity index (χ0n) is 8.19. The van der Waals surface area contributed by atoms with E-state index in [1.807, 2.05) is 30.1 Å². The van der Waals surface area contributed by atoms with Gasteiger partial charge in [0, 0.05) is 24.7 Å². The molecule has 0 aromatic carbocycles. The first-order valence-electron chi connectivity index (χ1n) is 4.36. The van der Waals surface area contributed by atoms with Crippen molar-refractivity contribution >= 4 is 11.3 Å². The first-order valence-corrected chi connectivity index (χ1v) is 5.24. The van der Waals surface area contributed by atoms with Crippen LogP contribution in [0.5, 0.6) is 0 Å². The first-order chi connectivity index (χ1) is 6.70. The van der Waals surface area contributed by atoms with Crippen molar-refractivity contribution in [2.24, 2.45) is 12.8 Å². The van der Waals surface area contributed by atoms with Crippen LogP contribution < -0.4 is 5.73 Å². The third kappa shape index (κ3) is 1.56. The quantitative estimate of drug-likeness (QED) is 0.809. The maximum atomic E-state index is 5.50. The average molecular weight is 208 g/mol. The van der Waals surface area contributed by atoms with E-state index < -0.39 is 0 Å². The molecule has 0 bridgehead atoms. The summed E-state index contributed by atoms with van der Waals surface area (Å²) in [6.07, 6.45) is 0. The van der Waals surface area contributed by atoms with Gasteiger partial charge in [-0.05, 0) is 13.0 Å². The monoisotopic (exact) mass is 208 g/mol. The Bertz CT molecular complexity index is 424. The summed E-state index contributed by atoms with van der Waals surface area (Å²) >= 11 is 1.57. The van der Waals surface area contributed by atoms with Crippen LogP contribution in [-0.2, 0) is 13.6 Å². The summed E-state index contributed by atoms with van der Waals surface area (Å²) in [6, 6.07) is 2.02. The number of thiazole rings is 1. The molecule has 2 heterocycles. The average Bonchev–Trinajstić information content (AvgIpc) is 2.74. The van der Waals surface area contributed by atoms with Gasteiger partial charge < -0.3 is 5.73 Å². The number of rotatable bonds is 2. The molecule has 0 unspecified atom stereocenters. The van der Waals surface area contributed by atoms with E-state index in [0.29, 0.717) is 6.54 Å². The van der Waals surface area contributed by atoms with Crippen LogP contribution in [0.4, 0.5) is 0 Å². The van der Waals surface area contributed by atoms with Crippen molar-refractivity contribution in [3.05, 3.63) is 22.1 Å². The molecule has 0 atom stereocenters. The topological polar surface area (TPSA) is 56.7 Å². The summed E-state index contributed by atoms with van der Waals surface area (Å²) in [5, 5.41) is 7.29. The Hall–Kier alpha value is -1.20. The van der Waals surface area contributed by atoms with Gasteiger partial charge in [0.25, 0.3) is 0 Å². The largest absolute Gasteiger partial charge is 0.325 e. The Morgan fingerprint density at radius 1 is 1.50 bits per heavy atom. The van der Waals surface area contributed by atoms with Crippen LogP contribution in [0.2, 0.25) is 0 Å². The minimum Gasteiger partial charge on any atom is -0.325 e. The Morgan fingerprint density at radius 3 is 2.79 bits per heavy atom. The number of hydrogen-bond donors (Lipinski definition) is 1. The van der Waals surface area contributed by atoms with Crippen LogP contribution in [-0.4, -0.2) is 14.8 Å². The van der Waals surface area contributed by atoms with Crippen LogP contribution >= 0.6 is 11.3 Å². The highest BCUT2D eigenvalue weighted by Crippen LogP contribution is 2.20. The fourth-order valence-corrected chi connectivity index (χ4v) is 1.88. The van der Waals surface area contributed by atoms with Gasteiger partial charge in [0.05, 0.1) is 0 Å². The molecule has 2 aromatic rings. The van der Waals surface area contributed by atoms with Gasteiger partial charge in [-0.15, -0.1) is 11.3 Å². The molecule has 0 saturated carbocycles. The molecule has 74 valence electrons. The van der Waals surface area contributed by atoms with Crippen LogP contribution in [0.3, 0.4) is 0 Å². The van der Waals surface area contributed by atoms with Crippen molar-refractivity contribution < 1.29 is 0 Å². The van der Waals surface area contributed by atoms with Gasteiger partial charge >= 0.3 is 0 Å². The van der Waals surface area contributed by atoms with Crippen molar-refractivity contribution in [3.63, 3.8) is 0 Å². The number of aryl methyl sites for hydroxylation is 2. The lowest BCUT2D eigenvalue weighted by Gasteiger charge is -1.89. The Balaban J connectivity index is 2.39. The highest BCUT2D eigenvalue weighted by atomic mass is 32.1. The molecule has 0 saturated heterocycles. The summed E-state index contributed by atoms with van der Waals surface area (Å²) in [6.45, 7) is 2.52. The molecule has 4 nitrogen and oxygen atoms in total. The molecule has 0 radical (unpaired) electrons. The van der Waals surface area contributed by atoms with Crippen molar-refractivity contribution in [2.75, 3.05) is 0 Å². The van der Waals surface area contributed by atoms with Crippen LogP contribution in [0.15, 0.2) is 11.4 Å². The molecule has 2 rings (SSSR count). The summed E-state index contributed by atoms with van der Waals surface area (Å²) < 4.78 is 1.84. The summed E-state index contributed by atoms with van der Waals surface area (Å²) in [5.41, 5.74) is 8.46. The fourth-order valence-electron chi connectivity index (χ4n) is 1.21. The molecule has 0 amide bonds. The summed E-state index contributed by atoms with van der Waals surface area (Å²) in [7, 11) is 1.93. The maximum Gasteiger partial charge on any atom is 0.112 e. The second-order valence-electron chi connectivity index (χ2n) is 3.13. The Labute approximate surface area is 86.4 Å². The van der Waals surface area contributed by atoms with E-state index in [0.717, 1.165) is 22.1 Å². The Morgan fingerprint density at radius 2 is 2.29 bits per heavy atom. The van der Waals surface area contributed by atoms with Crippen molar-refractivity contribution in [2.45, 2.75) is 13.5 Å².